The van der Waals surface area contributed by atoms with Gasteiger partial charge >= 0.3 is 0 Å². The van der Waals surface area contributed by atoms with Gasteiger partial charge in [0.15, 0.2) is 17.5 Å². The van der Waals surface area contributed by atoms with Crippen LogP contribution in [-0.4, -0.2) is 31.2 Å². The number of benzene rings is 1. The van der Waals surface area contributed by atoms with Gasteiger partial charge in [-0.15, -0.1) is 35.3 Å². The topological polar surface area (TPSA) is 67.8 Å². The summed E-state index contributed by atoms with van der Waals surface area (Å²) < 4.78 is 11.7. The van der Waals surface area contributed by atoms with Gasteiger partial charge in [0.2, 0.25) is 0 Å². The molecule has 1 saturated carbocycles. The second kappa shape index (κ2) is 11.6. The third kappa shape index (κ3) is 6.74. The predicted molar refractivity (Wildman–Crippen MR) is 130 cm³/mol. The molecule has 1 aromatic heterocycles. The zero-order chi connectivity index (χ0) is 19.9. The number of aryl methyl sites for hydroxylation is 2. The molecule has 3 rings (SSSR count). The summed E-state index contributed by atoms with van der Waals surface area (Å²) in [6.45, 7) is 5.45. The molecule has 0 aliphatic heterocycles. The minimum atomic E-state index is 0. The van der Waals surface area contributed by atoms with E-state index in [2.05, 4.69) is 33.6 Å². The van der Waals surface area contributed by atoms with Gasteiger partial charge < -0.3 is 20.1 Å². The number of thiazole rings is 1. The quantitative estimate of drug-likeness (QED) is 0.312. The van der Waals surface area contributed by atoms with E-state index in [1.54, 1.807) is 25.5 Å². The Morgan fingerprint density at radius 1 is 1.17 bits per heavy atom. The van der Waals surface area contributed by atoms with Crippen LogP contribution in [0, 0.1) is 13.8 Å². The molecule has 0 spiro atoms. The summed E-state index contributed by atoms with van der Waals surface area (Å²) in [6, 6.07) is 6.08. The fourth-order valence-electron chi connectivity index (χ4n) is 3.29. The number of nitrogens with one attached hydrogen (secondary N) is 2. The molecule has 6 nitrogen and oxygen atoms in total. The summed E-state index contributed by atoms with van der Waals surface area (Å²) in [5, 5.41) is 7.74. The average molecular weight is 530 g/mol. The van der Waals surface area contributed by atoms with Crippen molar-refractivity contribution >= 4 is 41.3 Å². The van der Waals surface area contributed by atoms with Crippen LogP contribution in [0.2, 0.25) is 0 Å². The Morgan fingerprint density at radius 3 is 2.52 bits per heavy atom. The first-order valence-corrected chi connectivity index (χ1v) is 10.6. The molecule has 0 atom stereocenters. The maximum Gasteiger partial charge on any atom is 0.191 e. The number of aliphatic imine (C=N–C) groups is 1. The van der Waals surface area contributed by atoms with Crippen LogP contribution in [0.1, 0.15) is 46.8 Å². The first-order chi connectivity index (χ1) is 13.6. The van der Waals surface area contributed by atoms with Gasteiger partial charge in [0, 0.05) is 18.5 Å². The van der Waals surface area contributed by atoms with Crippen LogP contribution in [0.15, 0.2) is 23.2 Å². The smallest absolute Gasteiger partial charge is 0.191 e. The molecule has 0 unspecified atom stereocenters. The van der Waals surface area contributed by atoms with Gasteiger partial charge in [-0.3, -0.25) is 4.99 Å². The second-order valence-corrected chi connectivity index (χ2v) is 8.33. The monoisotopic (exact) mass is 530 g/mol. The van der Waals surface area contributed by atoms with Crippen molar-refractivity contribution in [2.45, 2.75) is 58.7 Å². The van der Waals surface area contributed by atoms with Gasteiger partial charge in [-0.05, 0) is 57.2 Å². The van der Waals surface area contributed by atoms with Crippen LogP contribution in [0.4, 0.5) is 0 Å². The lowest BCUT2D eigenvalue weighted by atomic mass is 10.2. The first kappa shape index (κ1) is 23.7. The highest BCUT2D eigenvalue weighted by Gasteiger charge is 2.18. The molecule has 1 aliphatic carbocycles. The molecule has 0 radical (unpaired) electrons. The Kier molecular flexibility index (Phi) is 9.48. The molecule has 29 heavy (non-hydrogen) atoms. The minimum Gasteiger partial charge on any atom is -0.493 e. The lowest BCUT2D eigenvalue weighted by molar-refractivity contribution is 0.200. The number of methoxy groups -OCH3 is 1. The molecule has 0 amide bonds. The molecule has 1 heterocycles. The summed E-state index contributed by atoms with van der Waals surface area (Å²) in [5.41, 5.74) is 2.22. The molecule has 8 heteroatoms. The van der Waals surface area contributed by atoms with Crippen LogP contribution in [0.25, 0.3) is 0 Å². The van der Waals surface area contributed by atoms with E-state index in [9.17, 15) is 0 Å². The summed E-state index contributed by atoms with van der Waals surface area (Å²) in [4.78, 5) is 10.1. The second-order valence-electron chi connectivity index (χ2n) is 7.04. The highest BCUT2D eigenvalue weighted by atomic mass is 127. The Bertz CT molecular complexity index is 800. The zero-order valence-corrected chi connectivity index (χ0v) is 20.7. The fourth-order valence-corrected chi connectivity index (χ4v) is 4.16. The maximum atomic E-state index is 6.18. The summed E-state index contributed by atoms with van der Waals surface area (Å²) in [6.07, 6.45) is 5.04. The molecule has 1 aliphatic rings. The van der Waals surface area contributed by atoms with E-state index in [0.717, 1.165) is 46.6 Å². The Hall–Kier alpha value is -1.55. The third-order valence-corrected chi connectivity index (χ3v) is 6.06. The van der Waals surface area contributed by atoms with Gasteiger partial charge in [-0.25, -0.2) is 4.98 Å². The predicted octanol–water partition coefficient (Wildman–Crippen LogP) is 4.57. The van der Waals surface area contributed by atoms with Gasteiger partial charge in [0.05, 0.1) is 25.5 Å². The standard InChI is InChI=1S/C21H30N4O2S.HI/c1-14-15(2)28-20(25-14)13-24-21(22-3)23-12-16-9-10-18(26-4)19(11-16)27-17-7-5-6-8-17;/h9-11,17H,5-8,12-13H2,1-4H3,(H2,22,23,24);1H. The van der Waals surface area contributed by atoms with Crippen LogP contribution < -0.4 is 20.1 Å². The minimum absolute atomic E-state index is 0. The lowest BCUT2D eigenvalue weighted by Gasteiger charge is -2.17. The van der Waals surface area contributed by atoms with Crippen LogP contribution >= 0.6 is 35.3 Å². The van der Waals surface area contributed by atoms with E-state index in [0.29, 0.717) is 19.2 Å². The number of nitrogens with zero attached hydrogens (tertiary/aromatic N) is 2. The molecular formula is C21H31IN4O2S. The fraction of sp³-hybridized carbons (Fsp3) is 0.524. The van der Waals surface area contributed by atoms with Crippen molar-refractivity contribution in [3.8, 4) is 11.5 Å². The van der Waals surface area contributed by atoms with Crippen molar-refractivity contribution < 1.29 is 9.47 Å². The van der Waals surface area contributed by atoms with Crippen molar-refractivity contribution in [3.63, 3.8) is 0 Å². The molecule has 160 valence electrons. The van der Waals surface area contributed by atoms with E-state index in [-0.39, 0.29) is 24.0 Å². The molecule has 2 aromatic rings. The molecule has 1 aromatic carbocycles. The van der Waals surface area contributed by atoms with Crippen molar-refractivity contribution in [2.75, 3.05) is 14.2 Å². The number of halogens is 1. The highest BCUT2D eigenvalue weighted by molar-refractivity contribution is 14.0. The summed E-state index contributed by atoms with van der Waals surface area (Å²) in [5.74, 6) is 2.36. The van der Waals surface area contributed by atoms with E-state index >= 15 is 0 Å². The maximum absolute atomic E-state index is 6.18. The Labute approximate surface area is 194 Å². The van der Waals surface area contributed by atoms with Crippen LogP contribution in [0.5, 0.6) is 11.5 Å². The van der Waals surface area contributed by atoms with Crippen molar-refractivity contribution in [1.82, 2.24) is 15.6 Å². The number of hydrogen-bond donors (Lipinski definition) is 2. The largest absolute Gasteiger partial charge is 0.493 e. The normalized spacial score (nSPS) is 14.4. The molecule has 0 saturated heterocycles. The first-order valence-electron chi connectivity index (χ1n) is 9.80. The molecular weight excluding hydrogens is 499 g/mol. The SMILES string of the molecule is CN=C(NCc1ccc(OC)c(OC2CCCC2)c1)NCc1nc(C)c(C)s1.I. The molecule has 1 fully saturated rings. The van der Waals surface area contributed by atoms with Gasteiger partial charge in [0.1, 0.15) is 5.01 Å². The number of guanidine groups is 1. The lowest BCUT2D eigenvalue weighted by Crippen LogP contribution is -2.36. The highest BCUT2D eigenvalue weighted by Crippen LogP contribution is 2.32. The third-order valence-electron chi connectivity index (χ3n) is 4.99. The molecule has 0 bridgehead atoms. The van der Waals surface area contributed by atoms with E-state index in [4.69, 9.17) is 9.47 Å². The van der Waals surface area contributed by atoms with Crippen LogP contribution in [-0.2, 0) is 13.1 Å². The number of aromatic nitrogens is 1. The Morgan fingerprint density at radius 2 is 1.90 bits per heavy atom. The number of ether oxygens (including phenoxy) is 2. The average Bonchev–Trinajstić information content (AvgIpc) is 3.32. The summed E-state index contributed by atoms with van der Waals surface area (Å²) >= 11 is 1.72. The van der Waals surface area contributed by atoms with Crippen LogP contribution in [0.3, 0.4) is 0 Å². The van der Waals surface area contributed by atoms with E-state index in [1.165, 1.54) is 17.7 Å². The zero-order valence-electron chi connectivity index (χ0n) is 17.6. The van der Waals surface area contributed by atoms with Crippen molar-refractivity contribution in [2.24, 2.45) is 4.99 Å². The van der Waals surface area contributed by atoms with E-state index in [1.807, 2.05) is 19.1 Å². The summed E-state index contributed by atoms with van der Waals surface area (Å²) in [7, 11) is 3.46. The van der Waals surface area contributed by atoms with Crippen molar-refractivity contribution in [1.29, 1.82) is 0 Å². The van der Waals surface area contributed by atoms with E-state index < -0.39 is 0 Å². The van der Waals surface area contributed by atoms with Gasteiger partial charge in [-0.2, -0.15) is 0 Å². The van der Waals surface area contributed by atoms with Crippen molar-refractivity contribution in [3.05, 3.63) is 39.3 Å². The number of rotatable bonds is 7. The van der Waals surface area contributed by atoms with Gasteiger partial charge in [0.25, 0.3) is 0 Å². The molecule has 2 N–H and O–H groups in total. The number of hydrogen-bond acceptors (Lipinski definition) is 5. The Balaban J connectivity index is 0.00000300. The van der Waals surface area contributed by atoms with Gasteiger partial charge in [-0.1, -0.05) is 6.07 Å².